The number of nitrogens with one attached hydrogen (secondary N) is 2. The Hall–Kier alpha value is -1.79. The number of carboxylic acids is 1. The number of rotatable bonds is 3. The van der Waals surface area contributed by atoms with Crippen LogP contribution < -0.4 is 10.6 Å². The van der Waals surface area contributed by atoms with Crippen LogP contribution >= 0.6 is 11.6 Å². The molecule has 1 aromatic rings. The van der Waals surface area contributed by atoms with E-state index in [1.807, 2.05) is 6.92 Å². The van der Waals surface area contributed by atoms with Gasteiger partial charge in [0.05, 0.1) is 16.8 Å². The summed E-state index contributed by atoms with van der Waals surface area (Å²) in [6.45, 7) is 2.55. The fourth-order valence-corrected chi connectivity index (χ4v) is 2.57. The van der Waals surface area contributed by atoms with Crippen molar-refractivity contribution in [2.24, 2.45) is 0 Å². The fourth-order valence-electron chi connectivity index (χ4n) is 2.32. The molecule has 0 aromatic heterocycles. The molecule has 2 amide bonds. The van der Waals surface area contributed by atoms with Crippen LogP contribution in [-0.4, -0.2) is 35.9 Å². The second kappa shape index (κ2) is 6.78. The van der Waals surface area contributed by atoms with E-state index in [0.717, 1.165) is 12.8 Å². The van der Waals surface area contributed by atoms with Gasteiger partial charge in [-0.15, -0.1) is 0 Å². The smallest absolute Gasteiger partial charge is 0.339 e. The average molecular weight is 313 g/mol. The molecule has 1 aliphatic rings. The first-order valence-corrected chi connectivity index (χ1v) is 7.06. The van der Waals surface area contributed by atoms with Crippen LogP contribution in [0.15, 0.2) is 18.2 Å². The van der Waals surface area contributed by atoms with Gasteiger partial charge in [-0.3, -0.25) is 0 Å². The number of hydrogen-bond acceptors (Lipinski definition) is 3. The number of hydrogen-bond donors (Lipinski definition) is 3. The Morgan fingerprint density at radius 1 is 1.43 bits per heavy atom. The summed E-state index contributed by atoms with van der Waals surface area (Å²) in [4.78, 5) is 23.2. The Labute approximate surface area is 127 Å². The second-order valence-electron chi connectivity index (χ2n) is 4.97. The van der Waals surface area contributed by atoms with Crippen LogP contribution in [0.2, 0.25) is 5.02 Å². The van der Waals surface area contributed by atoms with Crippen LogP contribution in [0, 0.1) is 0 Å². The maximum absolute atomic E-state index is 12.0. The number of halogens is 1. The monoisotopic (exact) mass is 312 g/mol. The molecule has 0 spiro atoms. The van der Waals surface area contributed by atoms with E-state index >= 15 is 0 Å². The minimum atomic E-state index is -1.18. The molecule has 6 nitrogen and oxygen atoms in total. The standard InChI is InChI=1S/C14H17ClN2O4/c1-8-7-9(5-6-21-8)16-14(20)17-11-4-2-3-10(15)12(11)13(18)19/h2-4,8-9H,5-7H2,1H3,(H,18,19)(H2,16,17,20). The molecule has 0 saturated carbocycles. The highest BCUT2D eigenvalue weighted by molar-refractivity contribution is 6.34. The van der Waals surface area contributed by atoms with Crippen molar-refractivity contribution in [2.75, 3.05) is 11.9 Å². The molecule has 1 aromatic carbocycles. The average Bonchev–Trinajstić information content (AvgIpc) is 2.37. The minimum Gasteiger partial charge on any atom is -0.478 e. The van der Waals surface area contributed by atoms with E-state index < -0.39 is 12.0 Å². The zero-order chi connectivity index (χ0) is 15.4. The summed E-state index contributed by atoms with van der Waals surface area (Å²) in [6, 6.07) is 4.12. The van der Waals surface area contributed by atoms with Crippen molar-refractivity contribution in [1.82, 2.24) is 5.32 Å². The van der Waals surface area contributed by atoms with Gasteiger partial charge in [-0.1, -0.05) is 17.7 Å². The maximum Gasteiger partial charge on any atom is 0.339 e. The molecule has 0 radical (unpaired) electrons. The third kappa shape index (κ3) is 4.09. The predicted molar refractivity (Wildman–Crippen MR) is 79.0 cm³/mol. The third-order valence-electron chi connectivity index (χ3n) is 3.30. The van der Waals surface area contributed by atoms with Crippen LogP contribution in [0.3, 0.4) is 0 Å². The zero-order valence-corrected chi connectivity index (χ0v) is 12.3. The van der Waals surface area contributed by atoms with Gasteiger partial charge < -0.3 is 20.5 Å². The van der Waals surface area contributed by atoms with Gasteiger partial charge in [-0.2, -0.15) is 0 Å². The zero-order valence-electron chi connectivity index (χ0n) is 11.6. The normalized spacial score (nSPS) is 21.6. The van der Waals surface area contributed by atoms with Gasteiger partial charge in [0.25, 0.3) is 0 Å². The summed E-state index contributed by atoms with van der Waals surface area (Å²) in [6.07, 6.45) is 1.57. The molecule has 7 heteroatoms. The lowest BCUT2D eigenvalue weighted by molar-refractivity contribution is 0.0157. The molecule has 1 aliphatic heterocycles. The summed E-state index contributed by atoms with van der Waals surface area (Å²) in [5.41, 5.74) is 0.0577. The van der Waals surface area contributed by atoms with E-state index in [-0.39, 0.29) is 28.4 Å². The first kappa shape index (κ1) is 15.6. The van der Waals surface area contributed by atoms with E-state index in [2.05, 4.69) is 10.6 Å². The number of carboxylic acid groups (broad SMARTS) is 1. The van der Waals surface area contributed by atoms with E-state index in [1.165, 1.54) is 12.1 Å². The molecule has 0 bridgehead atoms. The Morgan fingerprint density at radius 3 is 2.86 bits per heavy atom. The molecule has 1 fully saturated rings. The molecule has 1 saturated heterocycles. The highest BCUT2D eigenvalue weighted by atomic mass is 35.5. The number of anilines is 1. The van der Waals surface area contributed by atoms with Crippen LogP contribution in [0.5, 0.6) is 0 Å². The SMILES string of the molecule is CC1CC(NC(=O)Nc2cccc(Cl)c2C(=O)O)CCO1. The first-order chi connectivity index (χ1) is 9.97. The summed E-state index contributed by atoms with van der Waals surface area (Å²) in [5.74, 6) is -1.18. The Morgan fingerprint density at radius 2 is 2.19 bits per heavy atom. The Balaban J connectivity index is 2.03. The van der Waals surface area contributed by atoms with Gasteiger partial charge in [0.2, 0.25) is 0 Å². The molecule has 0 aliphatic carbocycles. The molecule has 21 heavy (non-hydrogen) atoms. The van der Waals surface area contributed by atoms with Crippen molar-refractivity contribution in [3.8, 4) is 0 Å². The van der Waals surface area contributed by atoms with Crippen molar-refractivity contribution in [3.05, 3.63) is 28.8 Å². The van der Waals surface area contributed by atoms with E-state index in [9.17, 15) is 9.59 Å². The minimum absolute atomic E-state index is 0.0150. The maximum atomic E-state index is 12.0. The van der Waals surface area contributed by atoms with Gasteiger partial charge in [0, 0.05) is 12.6 Å². The van der Waals surface area contributed by atoms with Gasteiger partial charge in [-0.05, 0) is 31.9 Å². The number of amides is 2. The lowest BCUT2D eigenvalue weighted by Gasteiger charge is -2.28. The molecule has 2 unspecified atom stereocenters. The highest BCUT2D eigenvalue weighted by Gasteiger charge is 2.22. The number of ether oxygens (including phenoxy) is 1. The van der Waals surface area contributed by atoms with Crippen molar-refractivity contribution in [3.63, 3.8) is 0 Å². The molecule has 2 rings (SSSR count). The third-order valence-corrected chi connectivity index (χ3v) is 3.61. The Bertz CT molecular complexity index is 550. The number of carbonyl (C=O) groups excluding carboxylic acids is 1. The molecule has 114 valence electrons. The van der Waals surface area contributed by atoms with Gasteiger partial charge in [0.1, 0.15) is 5.56 Å². The lowest BCUT2D eigenvalue weighted by atomic mass is 10.0. The topological polar surface area (TPSA) is 87.7 Å². The molecule has 2 atom stereocenters. The number of carbonyl (C=O) groups is 2. The van der Waals surface area contributed by atoms with E-state index in [1.54, 1.807) is 6.07 Å². The fraction of sp³-hybridized carbons (Fsp3) is 0.429. The Kier molecular flexibility index (Phi) is 5.03. The number of aromatic carboxylic acids is 1. The van der Waals surface area contributed by atoms with Crippen LogP contribution in [0.4, 0.5) is 10.5 Å². The molecular weight excluding hydrogens is 296 g/mol. The number of benzene rings is 1. The van der Waals surface area contributed by atoms with Gasteiger partial charge in [0.15, 0.2) is 0 Å². The predicted octanol–water partition coefficient (Wildman–Crippen LogP) is 2.73. The van der Waals surface area contributed by atoms with Crippen LogP contribution in [-0.2, 0) is 4.74 Å². The summed E-state index contributed by atoms with van der Waals surface area (Å²) in [7, 11) is 0. The van der Waals surface area contributed by atoms with Crippen molar-refractivity contribution < 1.29 is 19.4 Å². The highest BCUT2D eigenvalue weighted by Crippen LogP contribution is 2.24. The summed E-state index contributed by atoms with van der Waals surface area (Å²) < 4.78 is 5.41. The lowest BCUT2D eigenvalue weighted by Crippen LogP contribution is -2.43. The van der Waals surface area contributed by atoms with E-state index in [0.29, 0.717) is 6.61 Å². The second-order valence-corrected chi connectivity index (χ2v) is 5.38. The van der Waals surface area contributed by atoms with Gasteiger partial charge in [-0.25, -0.2) is 9.59 Å². The first-order valence-electron chi connectivity index (χ1n) is 6.68. The molecular formula is C14H17ClN2O4. The van der Waals surface area contributed by atoms with Gasteiger partial charge >= 0.3 is 12.0 Å². The summed E-state index contributed by atoms with van der Waals surface area (Å²) >= 11 is 5.85. The van der Waals surface area contributed by atoms with Crippen LogP contribution in [0.25, 0.3) is 0 Å². The largest absolute Gasteiger partial charge is 0.478 e. The van der Waals surface area contributed by atoms with Crippen molar-refractivity contribution in [2.45, 2.75) is 31.9 Å². The van der Waals surface area contributed by atoms with E-state index in [4.69, 9.17) is 21.4 Å². The van der Waals surface area contributed by atoms with Crippen molar-refractivity contribution in [1.29, 1.82) is 0 Å². The quantitative estimate of drug-likeness (QED) is 0.800. The molecule has 3 N–H and O–H groups in total. The molecule has 1 heterocycles. The van der Waals surface area contributed by atoms with Crippen molar-refractivity contribution >= 4 is 29.3 Å². The summed E-state index contributed by atoms with van der Waals surface area (Å²) in [5, 5.41) is 14.6. The van der Waals surface area contributed by atoms with Crippen LogP contribution in [0.1, 0.15) is 30.1 Å². The number of urea groups is 1.